The first-order chi connectivity index (χ1) is 16.1. The number of anilines is 1. The van der Waals surface area contributed by atoms with Crippen molar-refractivity contribution in [3.63, 3.8) is 0 Å². The van der Waals surface area contributed by atoms with Crippen LogP contribution in [0.4, 0.5) is 11.5 Å². The van der Waals surface area contributed by atoms with E-state index in [1.807, 2.05) is 13.8 Å². The predicted molar refractivity (Wildman–Crippen MR) is 134 cm³/mol. The average molecular weight is 499 g/mol. The molecule has 4 rings (SSSR count). The van der Waals surface area contributed by atoms with Crippen LogP contribution >= 0.6 is 23.1 Å². The van der Waals surface area contributed by atoms with Gasteiger partial charge in [-0.25, -0.2) is 9.67 Å². The highest BCUT2D eigenvalue weighted by molar-refractivity contribution is 7.99. The first-order valence-corrected chi connectivity index (χ1v) is 12.2. The fraction of sp³-hybridized carbons (Fsp3) is 0.273. The summed E-state index contributed by atoms with van der Waals surface area (Å²) in [5.74, 6) is 1.12. The Kier molecular flexibility index (Phi) is 6.53. The summed E-state index contributed by atoms with van der Waals surface area (Å²) >= 11 is 2.84. The number of rotatable bonds is 7. The number of thioether (sulfide) groups is 1. The van der Waals surface area contributed by atoms with Gasteiger partial charge < -0.3 is 10.3 Å². The Balaban J connectivity index is 1.46. The van der Waals surface area contributed by atoms with Crippen molar-refractivity contribution in [2.24, 2.45) is 0 Å². The summed E-state index contributed by atoms with van der Waals surface area (Å²) in [5, 5.41) is 18.3. The maximum Gasteiger partial charge on any atom is 0.269 e. The summed E-state index contributed by atoms with van der Waals surface area (Å²) < 4.78 is 1.53. The van der Waals surface area contributed by atoms with E-state index in [0.717, 1.165) is 10.4 Å². The smallest absolute Gasteiger partial charge is 0.269 e. The van der Waals surface area contributed by atoms with Crippen molar-refractivity contribution in [2.75, 3.05) is 5.32 Å². The molecule has 0 aliphatic carbocycles. The normalized spacial score (nSPS) is 12.1. The first-order valence-electron chi connectivity index (χ1n) is 10.4. The highest BCUT2D eigenvalue weighted by atomic mass is 32.2. The summed E-state index contributed by atoms with van der Waals surface area (Å²) in [6, 6.07) is 7.65. The molecule has 1 unspecified atom stereocenters. The standard InChI is InChI=1S/C22H22N6O4S2/c1-11-9-18(27(26-11)15-5-7-16(8-6-15)28(31)32)25-20(29)14(4)33-10-17-23-21(30)19-12(2)13(3)34-22(19)24-17/h5-9,14H,10H2,1-4H3,(H,25,29)(H,23,24,30). The molecule has 3 aromatic heterocycles. The second-order valence-corrected chi connectivity index (χ2v) is 10.3. The summed E-state index contributed by atoms with van der Waals surface area (Å²) in [5.41, 5.74) is 2.03. The number of fused-ring (bicyclic) bond motifs is 1. The van der Waals surface area contributed by atoms with Gasteiger partial charge in [-0.05, 0) is 45.4 Å². The Morgan fingerprint density at radius 2 is 2.00 bits per heavy atom. The molecule has 34 heavy (non-hydrogen) atoms. The summed E-state index contributed by atoms with van der Waals surface area (Å²) in [4.78, 5) is 44.9. The molecule has 1 aromatic carbocycles. The number of hydrogen-bond acceptors (Lipinski definition) is 8. The van der Waals surface area contributed by atoms with Crippen molar-refractivity contribution in [2.45, 2.75) is 38.7 Å². The summed E-state index contributed by atoms with van der Waals surface area (Å²) in [6.07, 6.45) is 0. The number of carbonyl (C=O) groups is 1. The molecular formula is C22H22N6O4S2. The van der Waals surface area contributed by atoms with Crippen molar-refractivity contribution in [1.82, 2.24) is 19.7 Å². The molecule has 1 atom stereocenters. The molecule has 176 valence electrons. The summed E-state index contributed by atoms with van der Waals surface area (Å²) in [6.45, 7) is 7.44. The number of aromatic nitrogens is 4. The van der Waals surface area contributed by atoms with Crippen LogP contribution in [-0.2, 0) is 10.5 Å². The van der Waals surface area contributed by atoms with Crippen LogP contribution in [0.25, 0.3) is 15.9 Å². The lowest BCUT2D eigenvalue weighted by Gasteiger charge is -2.13. The Bertz CT molecular complexity index is 1450. The van der Waals surface area contributed by atoms with Crippen LogP contribution in [0.1, 0.15) is 28.9 Å². The van der Waals surface area contributed by atoms with Crippen molar-refractivity contribution in [1.29, 1.82) is 0 Å². The van der Waals surface area contributed by atoms with Crippen LogP contribution in [0, 0.1) is 30.9 Å². The third-order valence-electron chi connectivity index (χ3n) is 5.32. The lowest BCUT2D eigenvalue weighted by atomic mass is 10.2. The van der Waals surface area contributed by atoms with Crippen molar-refractivity contribution in [3.05, 3.63) is 72.8 Å². The molecule has 1 amide bonds. The largest absolute Gasteiger partial charge is 0.310 e. The molecule has 0 spiro atoms. The van der Waals surface area contributed by atoms with E-state index < -0.39 is 10.2 Å². The minimum absolute atomic E-state index is 0.0269. The number of H-pyrrole nitrogens is 1. The number of hydrogen-bond donors (Lipinski definition) is 2. The van der Waals surface area contributed by atoms with Gasteiger partial charge in [-0.1, -0.05) is 0 Å². The molecule has 12 heteroatoms. The average Bonchev–Trinajstić information content (AvgIpc) is 3.30. The fourth-order valence-electron chi connectivity index (χ4n) is 3.38. The van der Waals surface area contributed by atoms with E-state index in [0.29, 0.717) is 39.0 Å². The Morgan fingerprint density at radius 3 is 2.68 bits per heavy atom. The number of non-ortho nitro benzene ring substituents is 1. The Hall–Kier alpha value is -3.51. The zero-order valence-electron chi connectivity index (χ0n) is 18.9. The van der Waals surface area contributed by atoms with Crippen molar-refractivity contribution in [3.8, 4) is 5.69 Å². The number of nitro benzene ring substituents is 1. The van der Waals surface area contributed by atoms with E-state index in [-0.39, 0.29) is 17.2 Å². The molecule has 0 saturated carbocycles. The molecule has 0 fully saturated rings. The minimum atomic E-state index is -0.472. The maximum absolute atomic E-state index is 12.8. The number of benzene rings is 1. The SMILES string of the molecule is Cc1cc(NC(=O)C(C)SCc2nc3sc(C)c(C)c3c(=O)[nH]2)n(-c2ccc([N+](=O)[O-])cc2)n1. The third kappa shape index (κ3) is 4.73. The monoisotopic (exact) mass is 498 g/mol. The highest BCUT2D eigenvalue weighted by Crippen LogP contribution is 2.27. The van der Waals surface area contributed by atoms with E-state index in [4.69, 9.17) is 0 Å². The highest BCUT2D eigenvalue weighted by Gasteiger charge is 2.19. The van der Waals surface area contributed by atoms with Crippen LogP contribution in [0.3, 0.4) is 0 Å². The second-order valence-electron chi connectivity index (χ2n) is 7.77. The van der Waals surface area contributed by atoms with Gasteiger partial charge in [0.05, 0.1) is 32.7 Å². The van der Waals surface area contributed by atoms with Gasteiger partial charge in [-0.15, -0.1) is 23.1 Å². The molecule has 0 radical (unpaired) electrons. The molecule has 4 aromatic rings. The number of nitrogens with one attached hydrogen (secondary N) is 2. The quantitative estimate of drug-likeness (QED) is 0.287. The van der Waals surface area contributed by atoms with Gasteiger partial charge in [0.2, 0.25) is 5.91 Å². The molecule has 3 heterocycles. The molecule has 0 aliphatic rings. The Morgan fingerprint density at radius 1 is 1.29 bits per heavy atom. The lowest BCUT2D eigenvalue weighted by molar-refractivity contribution is -0.384. The topological polar surface area (TPSA) is 136 Å². The number of nitrogens with zero attached hydrogens (tertiary/aromatic N) is 4. The van der Waals surface area contributed by atoms with Crippen molar-refractivity contribution >= 4 is 50.7 Å². The van der Waals surface area contributed by atoms with Gasteiger partial charge in [-0.2, -0.15) is 5.10 Å². The molecule has 10 nitrogen and oxygen atoms in total. The molecule has 0 bridgehead atoms. The van der Waals surface area contributed by atoms with Crippen LogP contribution in [0.15, 0.2) is 35.1 Å². The van der Waals surface area contributed by atoms with Gasteiger partial charge in [0, 0.05) is 23.1 Å². The number of nitro groups is 1. The minimum Gasteiger partial charge on any atom is -0.310 e. The fourth-order valence-corrected chi connectivity index (χ4v) is 5.18. The van der Waals surface area contributed by atoms with Gasteiger partial charge in [-0.3, -0.25) is 19.7 Å². The Labute approximate surface area is 202 Å². The lowest BCUT2D eigenvalue weighted by Crippen LogP contribution is -2.24. The molecule has 2 N–H and O–H groups in total. The predicted octanol–water partition coefficient (Wildman–Crippen LogP) is 4.26. The van der Waals surface area contributed by atoms with E-state index in [1.165, 1.54) is 39.9 Å². The van der Waals surface area contributed by atoms with E-state index >= 15 is 0 Å². The van der Waals surface area contributed by atoms with Crippen LogP contribution in [0.5, 0.6) is 0 Å². The number of amides is 1. The molecule has 0 aliphatic heterocycles. The van der Waals surface area contributed by atoms with Crippen LogP contribution < -0.4 is 10.9 Å². The maximum atomic E-state index is 12.8. The van der Waals surface area contributed by atoms with Crippen molar-refractivity contribution < 1.29 is 9.72 Å². The van der Waals surface area contributed by atoms with Gasteiger partial charge in [0.15, 0.2) is 0 Å². The van der Waals surface area contributed by atoms with Gasteiger partial charge >= 0.3 is 0 Å². The molecular weight excluding hydrogens is 476 g/mol. The van der Waals surface area contributed by atoms with Gasteiger partial charge in [0.25, 0.3) is 11.2 Å². The molecule has 0 saturated heterocycles. The van der Waals surface area contributed by atoms with E-state index in [1.54, 1.807) is 32.0 Å². The zero-order valence-corrected chi connectivity index (χ0v) is 20.5. The zero-order chi connectivity index (χ0) is 24.6. The first kappa shape index (κ1) is 23.6. The van der Waals surface area contributed by atoms with Crippen LogP contribution in [-0.4, -0.2) is 35.8 Å². The van der Waals surface area contributed by atoms with Gasteiger partial charge in [0.1, 0.15) is 16.5 Å². The summed E-state index contributed by atoms with van der Waals surface area (Å²) in [7, 11) is 0. The number of aromatic amines is 1. The third-order valence-corrected chi connectivity index (χ3v) is 7.57. The van der Waals surface area contributed by atoms with E-state index in [2.05, 4.69) is 20.4 Å². The van der Waals surface area contributed by atoms with E-state index in [9.17, 15) is 19.7 Å². The second kappa shape index (κ2) is 9.39. The number of carbonyl (C=O) groups excluding carboxylic acids is 1. The number of aryl methyl sites for hydroxylation is 3. The van der Waals surface area contributed by atoms with Crippen LogP contribution in [0.2, 0.25) is 0 Å². The number of thiophene rings is 1.